The fourth-order valence-corrected chi connectivity index (χ4v) is 3.99. The van der Waals surface area contributed by atoms with Crippen LogP contribution in [0.25, 0.3) is 22.4 Å². The average molecular weight is 449 g/mol. The molecule has 0 saturated carbocycles. The molecule has 27 heavy (non-hydrogen) atoms. The van der Waals surface area contributed by atoms with E-state index in [4.69, 9.17) is 9.47 Å². The summed E-state index contributed by atoms with van der Waals surface area (Å²) in [5.74, 6) is 1.36. The molecule has 6 nitrogen and oxygen atoms in total. The van der Waals surface area contributed by atoms with E-state index in [1.54, 1.807) is 12.1 Å². The van der Waals surface area contributed by atoms with Crippen LogP contribution in [-0.2, 0) is 0 Å². The van der Waals surface area contributed by atoms with Crippen molar-refractivity contribution in [1.29, 1.82) is 0 Å². The van der Waals surface area contributed by atoms with Crippen LogP contribution in [0.2, 0.25) is 0 Å². The first-order valence-electron chi connectivity index (χ1n) is 8.34. The van der Waals surface area contributed by atoms with E-state index in [0.717, 1.165) is 25.3 Å². The third-order valence-corrected chi connectivity index (χ3v) is 5.21. The SMILES string of the molecule is CCOc1cc(C=Cc2nc3ccc([N+](=O)[O-])cc3s2)cc(Br)c1OCC. The van der Waals surface area contributed by atoms with Crippen LogP contribution in [0.15, 0.2) is 34.8 Å². The van der Waals surface area contributed by atoms with Gasteiger partial charge in [0, 0.05) is 12.1 Å². The zero-order chi connectivity index (χ0) is 19.4. The molecule has 0 bridgehead atoms. The van der Waals surface area contributed by atoms with E-state index in [0.29, 0.717) is 24.7 Å². The highest BCUT2D eigenvalue weighted by molar-refractivity contribution is 9.10. The second kappa shape index (κ2) is 8.49. The summed E-state index contributed by atoms with van der Waals surface area (Å²) in [6.07, 6.45) is 3.81. The first-order chi connectivity index (χ1) is 13.0. The maximum atomic E-state index is 10.9. The summed E-state index contributed by atoms with van der Waals surface area (Å²) >= 11 is 4.94. The van der Waals surface area contributed by atoms with Gasteiger partial charge in [0.25, 0.3) is 5.69 Å². The lowest BCUT2D eigenvalue weighted by atomic mass is 10.2. The van der Waals surface area contributed by atoms with Crippen LogP contribution in [0.3, 0.4) is 0 Å². The minimum atomic E-state index is -0.401. The molecule has 0 spiro atoms. The van der Waals surface area contributed by atoms with E-state index in [-0.39, 0.29) is 5.69 Å². The van der Waals surface area contributed by atoms with E-state index >= 15 is 0 Å². The Morgan fingerprint density at radius 2 is 1.96 bits per heavy atom. The van der Waals surface area contributed by atoms with Gasteiger partial charge in [-0.25, -0.2) is 4.98 Å². The maximum Gasteiger partial charge on any atom is 0.270 e. The van der Waals surface area contributed by atoms with Gasteiger partial charge in [0.2, 0.25) is 0 Å². The van der Waals surface area contributed by atoms with Crippen molar-refractivity contribution < 1.29 is 14.4 Å². The minimum absolute atomic E-state index is 0.0680. The number of nitrogens with zero attached hydrogens (tertiary/aromatic N) is 2. The van der Waals surface area contributed by atoms with Crippen LogP contribution in [-0.4, -0.2) is 23.1 Å². The Morgan fingerprint density at radius 3 is 2.67 bits per heavy atom. The van der Waals surface area contributed by atoms with Crippen molar-refractivity contribution in [3.8, 4) is 11.5 Å². The molecule has 0 saturated heterocycles. The highest BCUT2D eigenvalue weighted by Gasteiger charge is 2.12. The predicted octanol–water partition coefficient (Wildman–Crippen LogP) is 5.93. The van der Waals surface area contributed by atoms with Crippen LogP contribution < -0.4 is 9.47 Å². The van der Waals surface area contributed by atoms with Crippen LogP contribution in [0.4, 0.5) is 5.69 Å². The normalized spacial score (nSPS) is 11.2. The second-order valence-corrected chi connectivity index (χ2v) is 7.41. The average Bonchev–Trinajstić information content (AvgIpc) is 3.05. The molecule has 0 fully saturated rings. The van der Waals surface area contributed by atoms with Crippen LogP contribution in [0.5, 0.6) is 11.5 Å². The van der Waals surface area contributed by atoms with Crippen molar-refractivity contribution in [1.82, 2.24) is 4.98 Å². The van der Waals surface area contributed by atoms with Crippen LogP contribution in [0.1, 0.15) is 24.4 Å². The quantitative estimate of drug-likeness (QED) is 0.330. The number of non-ortho nitro benzene ring substituents is 1. The number of thiazole rings is 1. The molecule has 140 valence electrons. The largest absolute Gasteiger partial charge is 0.490 e. The monoisotopic (exact) mass is 448 g/mol. The Hall–Kier alpha value is -2.45. The molecule has 1 aromatic heterocycles. The van der Waals surface area contributed by atoms with Gasteiger partial charge in [-0.1, -0.05) is 6.08 Å². The molecule has 0 radical (unpaired) electrons. The highest BCUT2D eigenvalue weighted by Crippen LogP contribution is 2.37. The summed E-state index contributed by atoms with van der Waals surface area (Å²) < 4.78 is 12.9. The number of aromatic nitrogens is 1. The van der Waals surface area contributed by atoms with Crippen molar-refractivity contribution in [3.63, 3.8) is 0 Å². The van der Waals surface area contributed by atoms with E-state index in [1.165, 1.54) is 17.4 Å². The second-order valence-electron chi connectivity index (χ2n) is 5.49. The Kier molecular flexibility index (Phi) is 6.08. The van der Waals surface area contributed by atoms with E-state index in [1.807, 2.05) is 38.1 Å². The van der Waals surface area contributed by atoms with Gasteiger partial charge in [0.15, 0.2) is 11.5 Å². The molecule has 3 rings (SSSR count). The van der Waals surface area contributed by atoms with Crippen LogP contribution >= 0.6 is 27.3 Å². The van der Waals surface area contributed by atoms with Gasteiger partial charge >= 0.3 is 0 Å². The number of fused-ring (bicyclic) bond motifs is 1. The Balaban J connectivity index is 1.91. The topological polar surface area (TPSA) is 74.5 Å². The van der Waals surface area contributed by atoms with Crippen molar-refractivity contribution in [2.24, 2.45) is 0 Å². The number of benzene rings is 2. The van der Waals surface area contributed by atoms with Gasteiger partial charge in [0.1, 0.15) is 5.01 Å². The van der Waals surface area contributed by atoms with Gasteiger partial charge < -0.3 is 9.47 Å². The molecular weight excluding hydrogens is 432 g/mol. The molecule has 0 unspecified atom stereocenters. The van der Waals surface area contributed by atoms with E-state index in [9.17, 15) is 10.1 Å². The Morgan fingerprint density at radius 1 is 1.19 bits per heavy atom. The zero-order valence-corrected chi connectivity index (χ0v) is 17.2. The van der Waals surface area contributed by atoms with E-state index < -0.39 is 4.92 Å². The van der Waals surface area contributed by atoms with Crippen LogP contribution in [0, 0.1) is 10.1 Å². The number of nitro groups is 1. The molecule has 2 aromatic carbocycles. The summed E-state index contributed by atoms with van der Waals surface area (Å²) in [6.45, 7) is 4.93. The van der Waals surface area contributed by atoms with Gasteiger partial charge in [-0.3, -0.25) is 10.1 Å². The number of rotatable bonds is 7. The van der Waals surface area contributed by atoms with Gasteiger partial charge in [0.05, 0.1) is 32.8 Å². The van der Waals surface area contributed by atoms with Crippen molar-refractivity contribution >= 4 is 55.3 Å². The third kappa shape index (κ3) is 4.45. The lowest BCUT2D eigenvalue weighted by Crippen LogP contribution is -1.99. The number of hydrogen-bond acceptors (Lipinski definition) is 6. The fourth-order valence-electron chi connectivity index (χ4n) is 2.51. The zero-order valence-electron chi connectivity index (χ0n) is 14.8. The predicted molar refractivity (Wildman–Crippen MR) is 112 cm³/mol. The number of nitro benzene ring substituents is 1. The molecule has 0 aliphatic carbocycles. The van der Waals surface area contributed by atoms with Gasteiger partial charge in [-0.05, 0) is 59.6 Å². The number of ether oxygens (including phenoxy) is 2. The van der Waals surface area contributed by atoms with Crippen molar-refractivity contribution in [2.75, 3.05) is 13.2 Å². The molecule has 0 aliphatic rings. The molecular formula is C19H17BrN2O4S. The van der Waals surface area contributed by atoms with E-state index in [2.05, 4.69) is 20.9 Å². The summed E-state index contributed by atoms with van der Waals surface area (Å²) in [4.78, 5) is 15.0. The Bertz CT molecular complexity index is 1020. The molecule has 3 aromatic rings. The summed E-state index contributed by atoms with van der Waals surface area (Å²) in [5.41, 5.74) is 1.74. The summed E-state index contributed by atoms with van der Waals surface area (Å²) in [7, 11) is 0. The standard InChI is InChI=1S/C19H17BrN2O4S/c1-3-25-16-10-12(9-14(20)19(16)26-4-2)5-8-18-21-15-7-6-13(22(23)24)11-17(15)27-18/h5-11H,3-4H2,1-2H3. The molecule has 0 amide bonds. The summed E-state index contributed by atoms with van der Waals surface area (Å²) in [6, 6.07) is 8.54. The fraction of sp³-hybridized carbons (Fsp3) is 0.211. The Labute approximate surface area is 168 Å². The molecule has 0 atom stereocenters. The molecule has 0 aliphatic heterocycles. The van der Waals surface area contributed by atoms with Crippen molar-refractivity contribution in [2.45, 2.75) is 13.8 Å². The first kappa shape index (κ1) is 19.3. The van der Waals surface area contributed by atoms with Gasteiger partial charge in [-0.2, -0.15) is 0 Å². The lowest BCUT2D eigenvalue weighted by molar-refractivity contribution is -0.384. The lowest BCUT2D eigenvalue weighted by Gasteiger charge is -2.13. The number of halogens is 1. The molecule has 8 heteroatoms. The molecule has 1 heterocycles. The number of hydrogen-bond donors (Lipinski definition) is 0. The minimum Gasteiger partial charge on any atom is -0.490 e. The molecule has 0 N–H and O–H groups in total. The highest BCUT2D eigenvalue weighted by atomic mass is 79.9. The first-order valence-corrected chi connectivity index (χ1v) is 9.95. The third-order valence-electron chi connectivity index (χ3n) is 3.64. The van der Waals surface area contributed by atoms with Gasteiger partial charge in [-0.15, -0.1) is 11.3 Å². The van der Waals surface area contributed by atoms with Crippen molar-refractivity contribution in [3.05, 3.63) is 55.5 Å². The maximum absolute atomic E-state index is 10.9. The smallest absolute Gasteiger partial charge is 0.270 e. The summed E-state index contributed by atoms with van der Waals surface area (Å²) in [5, 5.41) is 11.7.